The second-order valence-electron chi connectivity index (χ2n) is 4.59. The Labute approximate surface area is 114 Å². The Bertz CT molecular complexity index is 522. The summed E-state index contributed by atoms with van der Waals surface area (Å²) in [5.74, 6) is 0. The van der Waals surface area contributed by atoms with Gasteiger partial charge in [0.25, 0.3) is 0 Å². The summed E-state index contributed by atoms with van der Waals surface area (Å²) >= 11 is 5.97. The summed E-state index contributed by atoms with van der Waals surface area (Å²) in [5.41, 5.74) is 3.88. The van der Waals surface area contributed by atoms with E-state index in [2.05, 4.69) is 49.5 Å². The summed E-state index contributed by atoms with van der Waals surface area (Å²) in [4.78, 5) is 0. The Kier molecular flexibility index (Phi) is 4.40. The van der Waals surface area contributed by atoms with Gasteiger partial charge in [0.2, 0.25) is 0 Å². The normalized spacial score (nSPS) is 12.4. The lowest BCUT2D eigenvalue weighted by Gasteiger charge is -2.16. The lowest BCUT2D eigenvalue weighted by molar-refractivity contribution is 0.572. The predicted molar refractivity (Wildman–Crippen MR) is 77.9 cm³/mol. The van der Waals surface area contributed by atoms with Crippen LogP contribution >= 0.6 is 11.6 Å². The Balaban J connectivity index is 2.00. The number of rotatable bonds is 4. The molecule has 0 spiro atoms. The van der Waals surface area contributed by atoms with Crippen LogP contribution in [0.25, 0.3) is 0 Å². The Morgan fingerprint density at radius 2 is 1.89 bits per heavy atom. The second-order valence-corrected chi connectivity index (χ2v) is 5.03. The molecule has 94 valence electrons. The molecule has 2 aromatic carbocycles. The van der Waals surface area contributed by atoms with Crippen LogP contribution in [0.2, 0.25) is 5.02 Å². The molecule has 1 N–H and O–H groups in total. The molecule has 1 nitrogen and oxygen atoms in total. The van der Waals surface area contributed by atoms with Crippen LogP contribution in [-0.2, 0) is 6.54 Å². The highest BCUT2D eigenvalue weighted by atomic mass is 35.5. The smallest absolute Gasteiger partial charge is 0.0409 e. The third-order valence-electron chi connectivity index (χ3n) is 3.16. The van der Waals surface area contributed by atoms with Gasteiger partial charge in [0.05, 0.1) is 0 Å². The summed E-state index contributed by atoms with van der Waals surface area (Å²) in [5, 5.41) is 4.31. The Morgan fingerprint density at radius 1 is 1.11 bits per heavy atom. The fourth-order valence-corrected chi connectivity index (χ4v) is 2.31. The third-order valence-corrected chi connectivity index (χ3v) is 3.39. The third kappa shape index (κ3) is 3.34. The van der Waals surface area contributed by atoms with E-state index in [0.717, 1.165) is 11.6 Å². The number of halogens is 1. The van der Waals surface area contributed by atoms with Crippen molar-refractivity contribution in [3.05, 3.63) is 70.2 Å². The van der Waals surface area contributed by atoms with Crippen LogP contribution in [0.3, 0.4) is 0 Å². The van der Waals surface area contributed by atoms with E-state index in [-0.39, 0.29) is 0 Å². The zero-order valence-corrected chi connectivity index (χ0v) is 11.5. The molecule has 0 fully saturated rings. The highest BCUT2D eigenvalue weighted by Crippen LogP contribution is 2.18. The standard InChI is InChI=1S/C16H18ClN/c1-12-6-3-4-9-16(12)13(2)18-11-14-7-5-8-15(17)10-14/h3-10,13,18H,11H2,1-2H3. The SMILES string of the molecule is Cc1ccccc1C(C)NCc1cccc(Cl)c1. The first-order valence-electron chi connectivity index (χ1n) is 6.20. The molecule has 0 aliphatic rings. The van der Waals surface area contributed by atoms with Crippen molar-refractivity contribution < 1.29 is 0 Å². The van der Waals surface area contributed by atoms with Crippen molar-refractivity contribution in [2.45, 2.75) is 26.4 Å². The summed E-state index contributed by atoms with van der Waals surface area (Å²) in [6.45, 7) is 5.16. The van der Waals surface area contributed by atoms with Gasteiger partial charge < -0.3 is 5.32 Å². The fourth-order valence-electron chi connectivity index (χ4n) is 2.10. The zero-order valence-electron chi connectivity index (χ0n) is 10.8. The first-order chi connectivity index (χ1) is 8.66. The van der Waals surface area contributed by atoms with E-state index < -0.39 is 0 Å². The van der Waals surface area contributed by atoms with Gasteiger partial charge in [0.1, 0.15) is 0 Å². The van der Waals surface area contributed by atoms with Crippen LogP contribution in [0, 0.1) is 6.92 Å². The maximum Gasteiger partial charge on any atom is 0.0409 e. The Morgan fingerprint density at radius 3 is 2.61 bits per heavy atom. The van der Waals surface area contributed by atoms with E-state index >= 15 is 0 Å². The molecule has 0 bridgehead atoms. The minimum atomic E-state index is 0.338. The van der Waals surface area contributed by atoms with Gasteiger partial charge in [-0.3, -0.25) is 0 Å². The highest BCUT2D eigenvalue weighted by Gasteiger charge is 2.06. The maximum absolute atomic E-state index is 5.97. The molecule has 0 amide bonds. The van der Waals surface area contributed by atoms with Crippen LogP contribution in [-0.4, -0.2) is 0 Å². The molecule has 1 atom stereocenters. The predicted octanol–water partition coefficient (Wildman–Crippen LogP) is 4.50. The number of hydrogen-bond donors (Lipinski definition) is 1. The number of aryl methyl sites for hydroxylation is 1. The van der Waals surface area contributed by atoms with Crippen molar-refractivity contribution in [3.63, 3.8) is 0 Å². The summed E-state index contributed by atoms with van der Waals surface area (Å²) in [6.07, 6.45) is 0. The van der Waals surface area contributed by atoms with Crippen molar-refractivity contribution in [2.24, 2.45) is 0 Å². The average Bonchev–Trinajstić information content (AvgIpc) is 2.37. The van der Waals surface area contributed by atoms with E-state index in [1.165, 1.54) is 16.7 Å². The molecule has 1 unspecified atom stereocenters. The molecular weight excluding hydrogens is 242 g/mol. The van der Waals surface area contributed by atoms with Gasteiger partial charge in [-0.1, -0.05) is 48.0 Å². The largest absolute Gasteiger partial charge is 0.306 e. The van der Waals surface area contributed by atoms with Gasteiger partial charge in [-0.15, -0.1) is 0 Å². The van der Waals surface area contributed by atoms with Gasteiger partial charge in [-0.25, -0.2) is 0 Å². The van der Waals surface area contributed by atoms with Crippen molar-refractivity contribution in [1.82, 2.24) is 5.32 Å². The number of hydrogen-bond acceptors (Lipinski definition) is 1. The average molecular weight is 260 g/mol. The van der Waals surface area contributed by atoms with Crippen molar-refractivity contribution in [2.75, 3.05) is 0 Å². The molecule has 0 saturated carbocycles. The Hall–Kier alpha value is -1.31. The summed E-state index contributed by atoms with van der Waals surface area (Å²) in [7, 11) is 0. The van der Waals surface area contributed by atoms with Crippen LogP contribution in [0.15, 0.2) is 48.5 Å². The van der Waals surface area contributed by atoms with E-state index in [1.54, 1.807) is 0 Å². The van der Waals surface area contributed by atoms with Crippen molar-refractivity contribution in [1.29, 1.82) is 0 Å². The molecule has 0 aliphatic heterocycles. The maximum atomic E-state index is 5.97. The molecule has 2 aromatic rings. The van der Waals surface area contributed by atoms with E-state index in [0.29, 0.717) is 6.04 Å². The summed E-state index contributed by atoms with van der Waals surface area (Å²) < 4.78 is 0. The molecule has 2 heteroatoms. The highest BCUT2D eigenvalue weighted by molar-refractivity contribution is 6.30. The van der Waals surface area contributed by atoms with Crippen LogP contribution in [0.5, 0.6) is 0 Å². The number of nitrogens with one attached hydrogen (secondary N) is 1. The molecule has 0 aromatic heterocycles. The van der Waals surface area contributed by atoms with Gasteiger partial charge in [0.15, 0.2) is 0 Å². The lowest BCUT2D eigenvalue weighted by atomic mass is 10.0. The molecular formula is C16H18ClN. The molecule has 0 aliphatic carbocycles. The van der Waals surface area contributed by atoms with Gasteiger partial charge >= 0.3 is 0 Å². The topological polar surface area (TPSA) is 12.0 Å². The molecule has 0 radical (unpaired) electrons. The minimum absolute atomic E-state index is 0.338. The molecule has 18 heavy (non-hydrogen) atoms. The molecule has 0 saturated heterocycles. The van der Waals surface area contributed by atoms with Crippen LogP contribution < -0.4 is 5.32 Å². The number of benzene rings is 2. The first kappa shape index (κ1) is 13.1. The van der Waals surface area contributed by atoms with E-state index in [4.69, 9.17) is 11.6 Å². The lowest BCUT2D eigenvalue weighted by Crippen LogP contribution is -2.18. The van der Waals surface area contributed by atoms with Gasteiger partial charge in [-0.05, 0) is 42.7 Å². The summed E-state index contributed by atoms with van der Waals surface area (Å²) in [6, 6.07) is 16.8. The quantitative estimate of drug-likeness (QED) is 0.853. The van der Waals surface area contributed by atoms with E-state index in [9.17, 15) is 0 Å². The molecule has 2 rings (SSSR count). The first-order valence-corrected chi connectivity index (χ1v) is 6.58. The van der Waals surface area contributed by atoms with Gasteiger partial charge in [0, 0.05) is 17.6 Å². The van der Waals surface area contributed by atoms with Crippen molar-refractivity contribution in [3.8, 4) is 0 Å². The van der Waals surface area contributed by atoms with Gasteiger partial charge in [-0.2, -0.15) is 0 Å². The van der Waals surface area contributed by atoms with Crippen molar-refractivity contribution >= 4 is 11.6 Å². The second kappa shape index (κ2) is 6.03. The van der Waals surface area contributed by atoms with E-state index in [1.807, 2.05) is 18.2 Å². The minimum Gasteiger partial charge on any atom is -0.306 e. The zero-order chi connectivity index (χ0) is 13.0. The van der Waals surface area contributed by atoms with Crippen LogP contribution in [0.1, 0.15) is 29.7 Å². The van der Waals surface area contributed by atoms with Crippen LogP contribution in [0.4, 0.5) is 0 Å². The monoisotopic (exact) mass is 259 g/mol. The fraction of sp³-hybridized carbons (Fsp3) is 0.250. The molecule has 0 heterocycles.